The predicted octanol–water partition coefficient (Wildman–Crippen LogP) is 4.11. The van der Waals surface area contributed by atoms with Gasteiger partial charge in [0, 0.05) is 16.1 Å². The molecule has 0 saturated carbocycles. The van der Waals surface area contributed by atoms with Crippen LogP contribution in [-0.4, -0.2) is 30.3 Å². The van der Waals surface area contributed by atoms with Crippen LogP contribution in [0.5, 0.6) is 0 Å². The zero-order chi connectivity index (χ0) is 19.7. The van der Waals surface area contributed by atoms with Crippen molar-refractivity contribution in [1.82, 2.24) is 30.3 Å². The molecule has 0 atom stereocenters. The molecule has 0 spiro atoms. The second-order valence-electron chi connectivity index (χ2n) is 5.74. The highest BCUT2D eigenvalue weighted by atomic mass is 35.5. The van der Waals surface area contributed by atoms with Gasteiger partial charge >= 0.3 is 6.18 Å². The van der Waals surface area contributed by atoms with Crippen LogP contribution in [0.3, 0.4) is 0 Å². The van der Waals surface area contributed by atoms with Gasteiger partial charge in [0.25, 0.3) is 5.89 Å². The average molecular weight is 407 g/mol. The molecule has 0 radical (unpaired) electrons. The summed E-state index contributed by atoms with van der Waals surface area (Å²) in [5.41, 5.74) is 0.113. The molecule has 0 saturated heterocycles. The second kappa shape index (κ2) is 7.04. The minimum absolute atomic E-state index is 0.0447. The maximum atomic E-state index is 12.8. The van der Waals surface area contributed by atoms with Crippen molar-refractivity contribution in [3.05, 3.63) is 64.9 Å². The number of tetrazole rings is 1. The number of aromatic nitrogens is 6. The molecule has 0 bridgehead atoms. The number of halogens is 4. The molecular formula is C17H10ClF3N6O. The lowest BCUT2D eigenvalue weighted by molar-refractivity contribution is -0.137. The van der Waals surface area contributed by atoms with E-state index in [0.29, 0.717) is 16.5 Å². The van der Waals surface area contributed by atoms with Crippen molar-refractivity contribution >= 4 is 11.6 Å². The largest absolute Gasteiger partial charge is 0.416 e. The van der Waals surface area contributed by atoms with E-state index in [1.165, 1.54) is 16.9 Å². The Balaban J connectivity index is 1.52. The van der Waals surface area contributed by atoms with Crippen molar-refractivity contribution in [3.63, 3.8) is 0 Å². The first kappa shape index (κ1) is 18.1. The van der Waals surface area contributed by atoms with Crippen LogP contribution in [0.4, 0.5) is 13.2 Å². The molecule has 2 aromatic carbocycles. The fourth-order valence-electron chi connectivity index (χ4n) is 2.41. The van der Waals surface area contributed by atoms with Crippen molar-refractivity contribution in [1.29, 1.82) is 0 Å². The van der Waals surface area contributed by atoms with Crippen molar-refractivity contribution < 1.29 is 17.7 Å². The van der Waals surface area contributed by atoms with Crippen LogP contribution < -0.4 is 0 Å². The summed E-state index contributed by atoms with van der Waals surface area (Å²) in [6.07, 6.45) is -4.45. The summed E-state index contributed by atoms with van der Waals surface area (Å²) >= 11 is 5.84. The zero-order valence-electron chi connectivity index (χ0n) is 13.9. The van der Waals surface area contributed by atoms with Gasteiger partial charge in [0.2, 0.25) is 5.82 Å². The number of benzene rings is 2. The topological polar surface area (TPSA) is 82.5 Å². The summed E-state index contributed by atoms with van der Waals surface area (Å²) < 4.78 is 43.7. The molecule has 11 heteroatoms. The average Bonchev–Trinajstić information content (AvgIpc) is 3.32. The minimum atomic E-state index is -4.45. The Morgan fingerprint density at radius 2 is 1.82 bits per heavy atom. The molecule has 142 valence electrons. The minimum Gasteiger partial charge on any atom is -0.334 e. The molecule has 0 fully saturated rings. The Morgan fingerprint density at radius 3 is 2.57 bits per heavy atom. The first-order chi connectivity index (χ1) is 13.4. The lowest BCUT2D eigenvalue weighted by atomic mass is 10.1. The normalized spacial score (nSPS) is 11.7. The summed E-state index contributed by atoms with van der Waals surface area (Å²) in [4.78, 5) is 5.41. The van der Waals surface area contributed by atoms with Crippen molar-refractivity contribution in [2.45, 2.75) is 12.7 Å². The molecule has 0 aliphatic rings. The fraction of sp³-hybridized carbons (Fsp3) is 0.118. The molecule has 4 rings (SSSR count). The van der Waals surface area contributed by atoms with E-state index in [1.54, 1.807) is 24.3 Å². The van der Waals surface area contributed by atoms with Gasteiger partial charge in [-0.05, 0) is 41.6 Å². The molecule has 0 amide bonds. The number of hydrogen-bond donors (Lipinski definition) is 0. The summed E-state index contributed by atoms with van der Waals surface area (Å²) in [5.74, 6) is 0.648. The smallest absolute Gasteiger partial charge is 0.334 e. The molecular weight excluding hydrogens is 397 g/mol. The van der Waals surface area contributed by atoms with Gasteiger partial charge in [-0.1, -0.05) is 28.9 Å². The number of rotatable bonds is 4. The number of hydrogen-bond acceptors (Lipinski definition) is 6. The Morgan fingerprint density at radius 1 is 1.04 bits per heavy atom. The molecule has 2 aromatic heterocycles. The van der Waals surface area contributed by atoms with E-state index >= 15 is 0 Å². The predicted molar refractivity (Wildman–Crippen MR) is 92.1 cm³/mol. The number of alkyl halides is 3. The fourth-order valence-corrected chi connectivity index (χ4v) is 2.54. The molecule has 7 nitrogen and oxygen atoms in total. The van der Waals surface area contributed by atoms with Crippen LogP contribution in [0.25, 0.3) is 22.8 Å². The lowest BCUT2D eigenvalue weighted by Crippen LogP contribution is -2.06. The van der Waals surface area contributed by atoms with E-state index in [-0.39, 0.29) is 23.8 Å². The third-order valence-corrected chi connectivity index (χ3v) is 4.00. The van der Waals surface area contributed by atoms with E-state index in [2.05, 4.69) is 25.6 Å². The van der Waals surface area contributed by atoms with Crippen LogP contribution in [0.2, 0.25) is 5.02 Å². The molecule has 0 aliphatic heterocycles. The molecule has 2 heterocycles. The van der Waals surface area contributed by atoms with Gasteiger partial charge in [0.05, 0.1) is 5.56 Å². The van der Waals surface area contributed by atoms with E-state index < -0.39 is 11.7 Å². The summed E-state index contributed by atoms with van der Waals surface area (Å²) in [5, 5.41) is 16.1. The van der Waals surface area contributed by atoms with Gasteiger partial charge in [-0.25, -0.2) is 0 Å². The van der Waals surface area contributed by atoms with Crippen LogP contribution in [0.15, 0.2) is 53.1 Å². The van der Waals surface area contributed by atoms with Gasteiger partial charge < -0.3 is 4.52 Å². The van der Waals surface area contributed by atoms with Gasteiger partial charge in [-0.2, -0.15) is 23.0 Å². The van der Waals surface area contributed by atoms with Crippen LogP contribution in [0.1, 0.15) is 11.4 Å². The molecule has 0 unspecified atom stereocenters. The van der Waals surface area contributed by atoms with Crippen molar-refractivity contribution in [3.8, 4) is 22.8 Å². The van der Waals surface area contributed by atoms with Gasteiger partial charge in [-0.3, -0.25) is 0 Å². The molecule has 28 heavy (non-hydrogen) atoms. The first-order valence-electron chi connectivity index (χ1n) is 7.92. The third kappa shape index (κ3) is 3.86. The first-order valence-corrected chi connectivity index (χ1v) is 8.30. The van der Waals surface area contributed by atoms with Crippen LogP contribution >= 0.6 is 11.6 Å². The van der Waals surface area contributed by atoms with Crippen LogP contribution in [-0.2, 0) is 12.7 Å². The quantitative estimate of drug-likeness (QED) is 0.507. The monoisotopic (exact) mass is 406 g/mol. The van der Waals surface area contributed by atoms with Gasteiger partial charge in [-0.15, -0.1) is 10.2 Å². The lowest BCUT2D eigenvalue weighted by Gasteiger charge is -2.06. The molecule has 0 aliphatic carbocycles. The summed E-state index contributed by atoms with van der Waals surface area (Å²) in [7, 11) is 0. The number of nitrogens with zero attached hydrogens (tertiary/aromatic N) is 6. The standard InChI is InChI=1S/C17H10ClF3N6O/c18-13-6-4-10(5-7-13)16-22-14(25-28-16)9-27-24-15(23-26-27)11-2-1-3-12(8-11)17(19,20)21/h1-8H,9H2. The SMILES string of the molecule is FC(F)(F)c1cccc(-c2nnn(Cc3noc(-c4ccc(Cl)cc4)n3)n2)c1. The maximum Gasteiger partial charge on any atom is 0.416 e. The van der Waals surface area contributed by atoms with E-state index in [4.69, 9.17) is 16.1 Å². The van der Waals surface area contributed by atoms with Gasteiger partial charge in [0.1, 0.15) is 6.54 Å². The van der Waals surface area contributed by atoms with E-state index in [9.17, 15) is 13.2 Å². The second-order valence-corrected chi connectivity index (χ2v) is 6.18. The third-order valence-electron chi connectivity index (χ3n) is 3.74. The highest BCUT2D eigenvalue weighted by Gasteiger charge is 2.30. The Kier molecular flexibility index (Phi) is 4.55. The molecule has 4 aromatic rings. The molecule has 0 N–H and O–H groups in total. The van der Waals surface area contributed by atoms with Crippen molar-refractivity contribution in [2.24, 2.45) is 0 Å². The van der Waals surface area contributed by atoms with Gasteiger partial charge in [0.15, 0.2) is 5.82 Å². The Hall–Kier alpha value is -3.27. The summed E-state index contributed by atoms with van der Waals surface area (Å²) in [6.45, 7) is 0.0447. The van der Waals surface area contributed by atoms with E-state index in [1.807, 2.05) is 0 Å². The Bertz CT molecular complexity index is 1110. The highest BCUT2D eigenvalue weighted by molar-refractivity contribution is 6.30. The van der Waals surface area contributed by atoms with Crippen LogP contribution in [0, 0.1) is 0 Å². The maximum absolute atomic E-state index is 12.8. The zero-order valence-corrected chi connectivity index (χ0v) is 14.7. The Labute approximate surface area is 160 Å². The summed E-state index contributed by atoms with van der Waals surface area (Å²) in [6, 6.07) is 11.6. The van der Waals surface area contributed by atoms with E-state index in [0.717, 1.165) is 12.1 Å². The van der Waals surface area contributed by atoms with Crippen molar-refractivity contribution in [2.75, 3.05) is 0 Å². The highest BCUT2D eigenvalue weighted by Crippen LogP contribution is 2.31.